The third-order valence-corrected chi connectivity index (χ3v) is 6.26. The van der Waals surface area contributed by atoms with Gasteiger partial charge in [0, 0.05) is 0 Å². The van der Waals surface area contributed by atoms with E-state index in [0.717, 1.165) is 19.3 Å². The molecule has 0 saturated carbocycles. The Morgan fingerprint density at radius 3 is 1.50 bits per heavy atom. The zero-order chi connectivity index (χ0) is 23.9. The Balaban J connectivity index is 3.58. The molecule has 5 nitrogen and oxygen atoms in total. The second-order valence-corrected chi connectivity index (χ2v) is 9.20. The largest absolute Gasteiger partial charge is 0.464 e. The van der Waals surface area contributed by atoms with Crippen LogP contribution in [0.3, 0.4) is 0 Å². The van der Waals surface area contributed by atoms with Crippen molar-refractivity contribution in [1.82, 2.24) is 5.32 Å². The highest BCUT2D eigenvalue weighted by Gasteiger charge is 2.27. The molecule has 0 heterocycles. The molecular formula is C27H53NO4. The fourth-order valence-electron chi connectivity index (χ4n) is 3.88. The second kappa shape index (κ2) is 22.9. The summed E-state index contributed by atoms with van der Waals surface area (Å²) in [5, 5.41) is 2.64. The molecule has 0 aliphatic carbocycles. The summed E-state index contributed by atoms with van der Waals surface area (Å²) in [6.07, 6.45) is 21.3. The lowest BCUT2D eigenvalue weighted by Crippen LogP contribution is -2.46. The Kier molecular flexibility index (Phi) is 22.0. The lowest BCUT2D eigenvalue weighted by Gasteiger charge is -2.22. The first-order valence-electron chi connectivity index (χ1n) is 13.7. The number of carbonyl (C=O) groups is 2. The summed E-state index contributed by atoms with van der Waals surface area (Å²) >= 11 is 0. The van der Waals surface area contributed by atoms with E-state index in [2.05, 4.69) is 12.2 Å². The van der Waals surface area contributed by atoms with E-state index < -0.39 is 12.1 Å². The first-order chi connectivity index (χ1) is 15.6. The molecule has 0 spiro atoms. The number of hydrogen-bond donors (Lipinski definition) is 1. The quantitative estimate of drug-likeness (QED) is 0.133. The van der Waals surface area contributed by atoms with Crippen LogP contribution in [0.2, 0.25) is 0 Å². The maximum absolute atomic E-state index is 12.4. The number of nitrogens with one attached hydrogen (secondary N) is 1. The first-order valence-corrected chi connectivity index (χ1v) is 13.7. The maximum Gasteiger partial charge on any atom is 0.407 e. The summed E-state index contributed by atoms with van der Waals surface area (Å²) in [6.45, 7) is 8.66. The molecule has 1 amide bonds. The van der Waals surface area contributed by atoms with Gasteiger partial charge in [0.05, 0.1) is 13.2 Å². The molecule has 0 rings (SSSR count). The van der Waals surface area contributed by atoms with E-state index in [4.69, 9.17) is 9.47 Å². The predicted molar refractivity (Wildman–Crippen MR) is 134 cm³/mol. The normalized spacial score (nSPS) is 12.9. The number of alkyl carbamates (subject to hydrolysis) is 1. The van der Waals surface area contributed by atoms with E-state index in [9.17, 15) is 9.59 Å². The van der Waals surface area contributed by atoms with Crippen LogP contribution in [0.4, 0.5) is 4.79 Å². The minimum Gasteiger partial charge on any atom is -0.464 e. The highest BCUT2D eigenvalue weighted by atomic mass is 16.6. The molecule has 0 saturated heterocycles. The summed E-state index contributed by atoms with van der Waals surface area (Å²) in [5.74, 6) is -0.342. The summed E-state index contributed by atoms with van der Waals surface area (Å²) < 4.78 is 10.3. The van der Waals surface area contributed by atoms with Crippen molar-refractivity contribution < 1.29 is 19.1 Å². The van der Waals surface area contributed by atoms with Crippen LogP contribution in [-0.2, 0) is 14.3 Å². The Bertz CT molecular complexity index is 441. The summed E-state index contributed by atoms with van der Waals surface area (Å²) in [4.78, 5) is 24.0. The van der Waals surface area contributed by atoms with Gasteiger partial charge >= 0.3 is 12.1 Å². The highest BCUT2D eigenvalue weighted by molar-refractivity contribution is 5.81. The zero-order valence-electron chi connectivity index (χ0n) is 21.7. The van der Waals surface area contributed by atoms with Gasteiger partial charge in [0.2, 0.25) is 0 Å². The number of hydrogen-bond acceptors (Lipinski definition) is 4. The van der Waals surface area contributed by atoms with Gasteiger partial charge in [-0.05, 0) is 19.3 Å². The molecule has 0 aromatic rings. The molecule has 1 unspecified atom stereocenters. The third kappa shape index (κ3) is 18.3. The number of unbranched alkanes of at least 4 members (excludes halogenated alkanes) is 15. The molecule has 5 heteroatoms. The Labute approximate surface area is 198 Å². The number of esters is 1. The van der Waals surface area contributed by atoms with Gasteiger partial charge in [0.25, 0.3) is 0 Å². The van der Waals surface area contributed by atoms with Crippen molar-refractivity contribution in [2.75, 3.05) is 13.2 Å². The predicted octanol–water partition coefficient (Wildman–Crippen LogP) is 7.95. The third-order valence-electron chi connectivity index (χ3n) is 6.26. The molecule has 0 aromatic carbocycles. The van der Waals surface area contributed by atoms with Crippen LogP contribution in [0.15, 0.2) is 0 Å². The van der Waals surface area contributed by atoms with Crippen LogP contribution in [-0.4, -0.2) is 31.3 Å². The van der Waals surface area contributed by atoms with Gasteiger partial charge in [0.1, 0.15) is 6.04 Å². The fraction of sp³-hybridized carbons (Fsp3) is 0.926. The van der Waals surface area contributed by atoms with Gasteiger partial charge in [-0.25, -0.2) is 9.59 Å². The van der Waals surface area contributed by atoms with Crippen molar-refractivity contribution >= 4 is 12.1 Å². The molecule has 2 atom stereocenters. The average molecular weight is 456 g/mol. The monoisotopic (exact) mass is 455 g/mol. The van der Waals surface area contributed by atoms with Gasteiger partial charge in [-0.15, -0.1) is 0 Å². The van der Waals surface area contributed by atoms with Crippen molar-refractivity contribution in [3.8, 4) is 0 Å². The topological polar surface area (TPSA) is 64.6 Å². The van der Waals surface area contributed by atoms with E-state index in [1.165, 1.54) is 89.9 Å². The minimum absolute atomic E-state index is 0.0118. The van der Waals surface area contributed by atoms with E-state index in [0.29, 0.717) is 6.61 Å². The molecule has 0 bridgehead atoms. The summed E-state index contributed by atoms with van der Waals surface area (Å²) in [7, 11) is 0. The van der Waals surface area contributed by atoms with Crippen molar-refractivity contribution in [3.63, 3.8) is 0 Å². The summed E-state index contributed by atoms with van der Waals surface area (Å²) in [6, 6.07) is -0.639. The van der Waals surface area contributed by atoms with Gasteiger partial charge in [-0.3, -0.25) is 0 Å². The second-order valence-electron chi connectivity index (χ2n) is 9.20. The standard InChI is InChI=1S/C27H53NO4/c1-5-8-9-10-11-12-13-14-15-16-17-18-19-20-21-22-23-32-26(29)25(24(4)6-2)28-27(30)31-7-3/h24-25H,5-23H2,1-4H3,(H,28,30)/t24?,25-/m0/s1. The van der Waals surface area contributed by atoms with Gasteiger partial charge in [-0.2, -0.15) is 0 Å². The molecule has 0 radical (unpaired) electrons. The molecule has 190 valence electrons. The number of amides is 1. The van der Waals surface area contributed by atoms with E-state index in [1.807, 2.05) is 13.8 Å². The number of rotatable bonds is 22. The van der Waals surface area contributed by atoms with Crippen LogP contribution in [0.5, 0.6) is 0 Å². The van der Waals surface area contributed by atoms with Crippen LogP contribution in [0.1, 0.15) is 137 Å². The molecule has 32 heavy (non-hydrogen) atoms. The molecule has 0 fully saturated rings. The molecular weight excluding hydrogens is 402 g/mol. The Morgan fingerprint density at radius 2 is 1.09 bits per heavy atom. The van der Waals surface area contributed by atoms with Crippen molar-refractivity contribution in [3.05, 3.63) is 0 Å². The van der Waals surface area contributed by atoms with Crippen LogP contribution < -0.4 is 5.32 Å². The average Bonchev–Trinajstić information content (AvgIpc) is 2.79. The Hall–Kier alpha value is -1.26. The lowest BCUT2D eigenvalue weighted by molar-refractivity contribution is -0.147. The fourth-order valence-corrected chi connectivity index (χ4v) is 3.88. The summed E-state index contributed by atoms with van der Waals surface area (Å²) in [5.41, 5.74) is 0. The van der Waals surface area contributed by atoms with Crippen LogP contribution in [0.25, 0.3) is 0 Å². The number of carbonyl (C=O) groups excluding carboxylic acids is 2. The molecule has 0 aliphatic heterocycles. The van der Waals surface area contributed by atoms with Gasteiger partial charge in [0.15, 0.2) is 0 Å². The van der Waals surface area contributed by atoms with Gasteiger partial charge in [-0.1, -0.05) is 124 Å². The van der Waals surface area contributed by atoms with Crippen molar-refractivity contribution in [2.45, 2.75) is 143 Å². The maximum atomic E-state index is 12.4. The first kappa shape index (κ1) is 30.7. The van der Waals surface area contributed by atoms with Crippen LogP contribution in [0, 0.1) is 5.92 Å². The van der Waals surface area contributed by atoms with Gasteiger partial charge < -0.3 is 14.8 Å². The minimum atomic E-state index is -0.639. The molecule has 0 aromatic heterocycles. The smallest absolute Gasteiger partial charge is 0.407 e. The lowest BCUT2D eigenvalue weighted by atomic mass is 9.99. The van der Waals surface area contributed by atoms with E-state index in [1.54, 1.807) is 6.92 Å². The van der Waals surface area contributed by atoms with Crippen molar-refractivity contribution in [2.24, 2.45) is 5.92 Å². The zero-order valence-corrected chi connectivity index (χ0v) is 21.7. The Morgan fingerprint density at radius 1 is 0.656 bits per heavy atom. The molecule has 1 N–H and O–H groups in total. The van der Waals surface area contributed by atoms with E-state index >= 15 is 0 Å². The SMILES string of the molecule is CCCCCCCCCCCCCCCCCCOC(=O)[C@@H](NC(=O)OCC)C(C)CC. The van der Waals surface area contributed by atoms with Crippen molar-refractivity contribution in [1.29, 1.82) is 0 Å². The highest BCUT2D eigenvalue weighted by Crippen LogP contribution is 2.14. The van der Waals surface area contributed by atoms with E-state index in [-0.39, 0.29) is 18.5 Å². The molecule has 0 aliphatic rings. The number of ether oxygens (including phenoxy) is 2. The van der Waals surface area contributed by atoms with Crippen LogP contribution >= 0.6 is 0 Å².